The lowest BCUT2D eigenvalue weighted by atomic mass is 10.1. The summed E-state index contributed by atoms with van der Waals surface area (Å²) < 4.78 is 0. The Hall–Kier alpha value is -3.18. The molecule has 1 aromatic carbocycles. The third-order valence-corrected chi connectivity index (χ3v) is 4.18. The summed E-state index contributed by atoms with van der Waals surface area (Å²) in [6, 6.07) is 3.96. The van der Waals surface area contributed by atoms with E-state index in [9.17, 15) is 29.4 Å². The van der Waals surface area contributed by atoms with Crippen LogP contribution in [0.3, 0.4) is 0 Å². The minimum absolute atomic E-state index is 0.00734. The zero-order chi connectivity index (χ0) is 22.5. The molecule has 0 fully saturated rings. The largest absolute Gasteiger partial charge is 0.508 e. The van der Waals surface area contributed by atoms with Gasteiger partial charge in [-0.1, -0.05) is 18.6 Å². The lowest BCUT2D eigenvalue weighted by molar-refractivity contribution is -0.141. The summed E-state index contributed by atoms with van der Waals surface area (Å²) in [6.07, 6.45) is 1.91. The van der Waals surface area contributed by atoms with Crippen molar-refractivity contribution in [2.45, 2.75) is 37.8 Å². The molecule has 11 nitrogen and oxygen atoms in total. The van der Waals surface area contributed by atoms with Crippen LogP contribution in [0.5, 0.6) is 5.75 Å². The van der Waals surface area contributed by atoms with Crippen molar-refractivity contribution in [1.29, 1.82) is 0 Å². The van der Waals surface area contributed by atoms with Gasteiger partial charge in [0.15, 0.2) is 0 Å². The molecule has 2 unspecified atom stereocenters. The van der Waals surface area contributed by atoms with E-state index in [0.717, 1.165) is 6.42 Å². The van der Waals surface area contributed by atoms with Crippen molar-refractivity contribution < 1.29 is 29.4 Å². The number of unbranched alkanes of at least 4 members (excludes halogenated alkanes) is 1. The number of aromatic hydroxyl groups is 1. The molecule has 166 valence electrons. The minimum Gasteiger partial charge on any atom is -0.508 e. The number of carboxylic acids is 1. The van der Waals surface area contributed by atoms with Gasteiger partial charge in [0.25, 0.3) is 0 Å². The average molecular weight is 423 g/mol. The Labute approximate surface area is 174 Å². The number of carbonyl (C=O) groups is 4. The summed E-state index contributed by atoms with van der Waals surface area (Å²) >= 11 is 0. The minimum atomic E-state index is -1.24. The molecule has 0 saturated heterocycles. The summed E-state index contributed by atoms with van der Waals surface area (Å²) in [5.41, 5.74) is 11.7. The Kier molecular flexibility index (Phi) is 10.9. The summed E-state index contributed by atoms with van der Waals surface area (Å²) in [6.45, 7) is -0.292. The van der Waals surface area contributed by atoms with Crippen LogP contribution in [-0.4, -0.2) is 65.6 Å². The Morgan fingerprint density at radius 3 is 2.20 bits per heavy atom. The number of benzene rings is 1. The van der Waals surface area contributed by atoms with Crippen LogP contribution in [0.1, 0.15) is 24.8 Å². The first kappa shape index (κ1) is 24.9. The van der Waals surface area contributed by atoms with E-state index in [1.54, 1.807) is 12.1 Å². The van der Waals surface area contributed by atoms with Crippen LogP contribution in [0.25, 0.3) is 0 Å². The van der Waals surface area contributed by atoms with Gasteiger partial charge in [-0.15, -0.1) is 0 Å². The van der Waals surface area contributed by atoms with E-state index in [2.05, 4.69) is 16.0 Å². The van der Waals surface area contributed by atoms with Gasteiger partial charge in [-0.05, 0) is 37.1 Å². The molecule has 0 aliphatic carbocycles. The van der Waals surface area contributed by atoms with Crippen molar-refractivity contribution in [2.24, 2.45) is 11.5 Å². The SMILES string of the molecule is NCCCCC(N)C(=O)NCC(=O)NCC(=O)NC(Cc1ccc(O)cc1)C(=O)O. The summed E-state index contributed by atoms with van der Waals surface area (Å²) in [4.78, 5) is 46.9. The maximum absolute atomic E-state index is 12.0. The molecule has 30 heavy (non-hydrogen) atoms. The van der Waals surface area contributed by atoms with Gasteiger partial charge in [0.1, 0.15) is 11.8 Å². The highest BCUT2D eigenvalue weighted by Crippen LogP contribution is 2.11. The van der Waals surface area contributed by atoms with Gasteiger partial charge in [0.2, 0.25) is 17.7 Å². The molecule has 0 bridgehead atoms. The van der Waals surface area contributed by atoms with E-state index in [4.69, 9.17) is 11.5 Å². The van der Waals surface area contributed by atoms with Crippen molar-refractivity contribution in [1.82, 2.24) is 16.0 Å². The molecule has 0 spiro atoms. The van der Waals surface area contributed by atoms with Gasteiger partial charge in [-0.25, -0.2) is 4.79 Å². The van der Waals surface area contributed by atoms with Crippen molar-refractivity contribution in [3.63, 3.8) is 0 Å². The molecular formula is C19H29N5O6. The number of carboxylic acid groups (broad SMARTS) is 1. The standard InChI is InChI=1S/C19H29N5O6/c20-8-2-1-3-14(21)18(28)23-10-16(26)22-11-17(27)24-15(19(29)30)9-12-4-6-13(25)7-5-12/h4-7,14-15,25H,1-3,8-11,20-21H2,(H,22,26)(H,23,28)(H,24,27)(H,29,30). The first-order valence-corrected chi connectivity index (χ1v) is 9.53. The van der Waals surface area contributed by atoms with Crippen molar-refractivity contribution in [2.75, 3.05) is 19.6 Å². The molecule has 0 radical (unpaired) electrons. The smallest absolute Gasteiger partial charge is 0.326 e. The Bertz CT molecular complexity index is 725. The monoisotopic (exact) mass is 423 g/mol. The quantitative estimate of drug-likeness (QED) is 0.180. The third kappa shape index (κ3) is 9.85. The van der Waals surface area contributed by atoms with E-state index >= 15 is 0 Å². The number of hydrogen-bond acceptors (Lipinski definition) is 7. The predicted octanol–water partition coefficient (Wildman–Crippen LogP) is -1.81. The maximum Gasteiger partial charge on any atom is 0.326 e. The van der Waals surface area contributed by atoms with Crippen LogP contribution >= 0.6 is 0 Å². The van der Waals surface area contributed by atoms with E-state index < -0.39 is 42.3 Å². The van der Waals surface area contributed by atoms with Crippen molar-refractivity contribution in [3.05, 3.63) is 29.8 Å². The van der Waals surface area contributed by atoms with Crippen LogP contribution in [0.2, 0.25) is 0 Å². The lowest BCUT2D eigenvalue weighted by Gasteiger charge is -2.15. The lowest BCUT2D eigenvalue weighted by Crippen LogP contribution is -2.49. The number of nitrogens with two attached hydrogens (primary N) is 2. The van der Waals surface area contributed by atoms with Crippen LogP contribution in [0, 0.1) is 0 Å². The molecule has 0 aromatic heterocycles. The first-order chi connectivity index (χ1) is 14.2. The van der Waals surface area contributed by atoms with Gasteiger partial charge in [-0.3, -0.25) is 14.4 Å². The topological polar surface area (TPSA) is 197 Å². The highest BCUT2D eigenvalue weighted by atomic mass is 16.4. The summed E-state index contributed by atoms with van der Waals surface area (Å²) in [5, 5.41) is 25.5. The molecule has 0 aliphatic heterocycles. The second-order valence-corrected chi connectivity index (χ2v) is 6.71. The Morgan fingerprint density at radius 1 is 0.967 bits per heavy atom. The van der Waals surface area contributed by atoms with Crippen molar-refractivity contribution >= 4 is 23.7 Å². The van der Waals surface area contributed by atoms with Crippen LogP contribution in [0.4, 0.5) is 0 Å². The number of nitrogens with one attached hydrogen (secondary N) is 3. The van der Waals surface area contributed by atoms with E-state index in [1.165, 1.54) is 12.1 Å². The molecule has 1 aromatic rings. The van der Waals surface area contributed by atoms with Gasteiger partial charge >= 0.3 is 5.97 Å². The fourth-order valence-corrected chi connectivity index (χ4v) is 2.49. The molecule has 11 heteroatoms. The van der Waals surface area contributed by atoms with Gasteiger partial charge < -0.3 is 37.6 Å². The van der Waals surface area contributed by atoms with Crippen LogP contribution < -0.4 is 27.4 Å². The molecule has 0 aliphatic rings. The summed E-state index contributed by atoms with van der Waals surface area (Å²) in [7, 11) is 0. The fourth-order valence-electron chi connectivity index (χ4n) is 2.49. The molecular weight excluding hydrogens is 394 g/mol. The predicted molar refractivity (Wildman–Crippen MR) is 108 cm³/mol. The van der Waals surface area contributed by atoms with Crippen molar-refractivity contribution in [3.8, 4) is 5.75 Å². The normalized spacial score (nSPS) is 12.5. The number of phenolic OH excluding ortho intramolecular Hbond substituents is 1. The highest BCUT2D eigenvalue weighted by Gasteiger charge is 2.21. The zero-order valence-corrected chi connectivity index (χ0v) is 16.6. The van der Waals surface area contributed by atoms with E-state index in [0.29, 0.717) is 24.9 Å². The number of rotatable bonds is 13. The number of aliphatic carboxylic acids is 1. The summed E-state index contributed by atoms with van der Waals surface area (Å²) in [5.74, 6) is -2.98. The zero-order valence-electron chi connectivity index (χ0n) is 16.6. The molecule has 2 atom stereocenters. The third-order valence-electron chi connectivity index (χ3n) is 4.18. The Morgan fingerprint density at radius 2 is 1.60 bits per heavy atom. The van der Waals surface area contributed by atoms with Crippen LogP contribution in [0.15, 0.2) is 24.3 Å². The highest BCUT2D eigenvalue weighted by molar-refractivity contribution is 5.90. The number of phenols is 1. The van der Waals surface area contributed by atoms with Gasteiger partial charge in [-0.2, -0.15) is 0 Å². The molecule has 3 amide bonds. The number of carbonyl (C=O) groups excluding carboxylic acids is 3. The van der Waals surface area contributed by atoms with Crippen LogP contribution in [-0.2, 0) is 25.6 Å². The average Bonchev–Trinajstić information content (AvgIpc) is 2.71. The first-order valence-electron chi connectivity index (χ1n) is 9.53. The Balaban J connectivity index is 2.37. The molecule has 0 saturated carbocycles. The van der Waals surface area contributed by atoms with E-state index in [-0.39, 0.29) is 18.7 Å². The van der Waals surface area contributed by atoms with E-state index in [1.807, 2.05) is 0 Å². The molecule has 1 rings (SSSR count). The number of amides is 3. The molecule has 9 N–H and O–H groups in total. The van der Waals surface area contributed by atoms with Gasteiger partial charge in [0.05, 0.1) is 19.1 Å². The maximum atomic E-state index is 12.0. The molecule has 0 heterocycles. The second kappa shape index (κ2) is 13.1. The fraction of sp³-hybridized carbons (Fsp3) is 0.474. The number of hydrogen-bond donors (Lipinski definition) is 7. The second-order valence-electron chi connectivity index (χ2n) is 6.71. The van der Waals surface area contributed by atoms with Gasteiger partial charge in [0, 0.05) is 6.42 Å².